The van der Waals surface area contributed by atoms with Crippen molar-refractivity contribution in [3.05, 3.63) is 35.8 Å². The molecule has 0 spiro atoms. The molecule has 0 bridgehead atoms. The van der Waals surface area contributed by atoms with Crippen LogP contribution in [0.1, 0.15) is 31.7 Å². The number of halogens is 1. The van der Waals surface area contributed by atoms with Crippen LogP contribution in [0, 0.1) is 5.82 Å². The van der Waals surface area contributed by atoms with Gasteiger partial charge in [-0.1, -0.05) is 13.8 Å². The molecule has 3 N–H and O–H groups in total. The maximum atomic E-state index is 13.2. The lowest BCUT2D eigenvalue weighted by molar-refractivity contribution is 0.554. The van der Waals surface area contributed by atoms with Crippen LogP contribution in [-0.4, -0.2) is 11.0 Å². The van der Waals surface area contributed by atoms with Gasteiger partial charge in [-0.2, -0.15) is 0 Å². The first-order valence-electron chi connectivity index (χ1n) is 5.65. The van der Waals surface area contributed by atoms with E-state index in [2.05, 4.69) is 18.8 Å². The lowest BCUT2D eigenvalue weighted by Crippen LogP contribution is -2.25. The molecular weight excluding hydrogens is 203 g/mol. The minimum absolute atomic E-state index is 0.113. The zero-order chi connectivity index (χ0) is 11.7. The zero-order valence-electron chi connectivity index (χ0n) is 9.63. The molecule has 0 saturated carbocycles. The molecule has 3 heteroatoms. The molecule has 0 aliphatic carbocycles. The van der Waals surface area contributed by atoms with Gasteiger partial charge in [0.2, 0.25) is 0 Å². The summed E-state index contributed by atoms with van der Waals surface area (Å²) in [6, 6.07) is 4.91. The molecule has 1 heterocycles. The highest BCUT2D eigenvalue weighted by atomic mass is 19.1. The van der Waals surface area contributed by atoms with Gasteiger partial charge in [0.1, 0.15) is 5.82 Å². The van der Waals surface area contributed by atoms with Crippen LogP contribution >= 0.6 is 0 Å². The van der Waals surface area contributed by atoms with Crippen molar-refractivity contribution in [2.45, 2.75) is 32.2 Å². The first kappa shape index (κ1) is 11.1. The van der Waals surface area contributed by atoms with Crippen LogP contribution < -0.4 is 5.73 Å². The van der Waals surface area contributed by atoms with Crippen molar-refractivity contribution in [2.24, 2.45) is 5.73 Å². The Balaban J connectivity index is 2.48. The smallest absolute Gasteiger partial charge is 0.123 e. The van der Waals surface area contributed by atoms with Crippen LogP contribution in [0.25, 0.3) is 10.9 Å². The second kappa shape index (κ2) is 4.26. The van der Waals surface area contributed by atoms with E-state index in [0.29, 0.717) is 0 Å². The van der Waals surface area contributed by atoms with E-state index in [9.17, 15) is 4.39 Å². The topological polar surface area (TPSA) is 41.8 Å². The van der Waals surface area contributed by atoms with Gasteiger partial charge in [-0.3, -0.25) is 0 Å². The molecule has 16 heavy (non-hydrogen) atoms. The fourth-order valence-corrected chi connectivity index (χ4v) is 2.08. The number of rotatable bonds is 3. The lowest BCUT2D eigenvalue weighted by Gasteiger charge is -2.17. The molecule has 0 aliphatic heterocycles. The normalized spacial score (nSPS) is 15.2. The molecular formula is C13H17FN2. The molecule has 86 valence electrons. The number of nitrogens with two attached hydrogens (primary N) is 1. The van der Waals surface area contributed by atoms with E-state index in [1.165, 1.54) is 6.07 Å². The van der Waals surface area contributed by atoms with Crippen LogP contribution in [-0.2, 0) is 0 Å². The van der Waals surface area contributed by atoms with Crippen LogP contribution in [0.4, 0.5) is 4.39 Å². The molecule has 0 amide bonds. The number of fused-ring (bicyclic) bond motifs is 1. The van der Waals surface area contributed by atoms with Gasteiger partial charge >= 0.3 is 0 Å². The monoisotopic (exact) mass is 220 g/mol. The van der Waals surface area contributed by atoms with E-state index in [1.807, 2.05) is 6.20 Å². The van der Waals surface area contributed by atoms with Gasteiger partial charge in [0, 0.05) is 23.1 Å². The van der Waals surface area contributed by atoms with Crippen molar-refractivity contribution in [1.82, 2.24) is 4.98 Å². The molecule has 2 atom stereocenters. The van der Waals surface area contributed by atoms with Crippen molar-refractivity contribution in [2.75, 3.05) is 0 Å². The summed E-state index contributed by atoms with van der Waals surface area (Å²) in [6.07, 6.45) is 2.85. The van der Waals surface area contributed by atoms with Crippen molar-refractivity contribution in [3.63, 3.8) is 0 Å². The summed E-state index contributed by atoms with van der Waals surface area (Å²) >= 11 is 0. The van der Waals surface area contributed by atoms with Gasteiger partial charge in [-0.25, -0.2) is 4.39 Å². The quantitative estimate of drug-likeness (QED) is 0.819. The number of hydrogen-bond acceptors (Lipinski definition) is 1. The number of H-pyrrole nitrogens is 1. The second-order valence-electron chi connectivity index (χ2n) is 4.29. The Morgan fingerprint density at radius 3 is 2.88 bits per heavy atom. The third kappa shape index (κ3) is 1.83. The second-order valence-corrected chi connectivity index (χ2v) is 4.29. The zero-order valence-corrected chi connectivity index (χ0v) is 9.63. The van der Waals surface area contributed by atoms with Crippen molar-refractivity contribution < 1.29 is 4.39 Å². The van der Waals surface area contributed by atoms with Crippen LogP contribution in [0.15, 0.2) is 24.4 Å². The Kier molecular flexibility index (Phi) is 2.97. The van der Waals surface area contributed by atoms with Gasteiger partial charge in [0.25, 0.3) is 0 Å². The van der Waals surface area contributed by atoms with Crippen LogP contribution in [0.2, 0.25) is 0 Å². The number of aromatic amines is 1. The lowest BCUT2D eigenvalue weighted by atomic mass is 9.92. The maximum absolute atomic E-state index is 13.2. The third-order valence-corrected chi connectivity index (χ3v) is 3.28. The summed E-state index contributed by atoms with van der Waals surface area (Å²) in [5, 5.41) is 0.941. The summed E-state index contributed by atoms with van der Waals surface area (Å²) in [6.45, 7) is 4.15. The van der Waals surface area contributed by atoms with Crippen LogP contribution in [0.5, 0.6) is 0 Å². The number of benzene rings is 1. The highest BCUT2D eigenvalue weighted by molar-refractivity contribution is 5.83. The Labute approximate surface area is 94.7 Å². The molecule has 0 fully saturated rings. The Morgan fingerprint density at radius 2 is 2.19 bits per heavy atom. The molecule has 0 saturated heterocycles. The molecule has 0 aliphatic rings. The highest BCUT2D eigenvalue weighted by Gasteiger charge is 2.16. The summed E-state index contributed by atoms with van der Waals surface area (Å²) in [7, 11) is 0. The van der Waals surface area contributed by atoms with Gasteiger partial charge < -0.3 is 10.7 Å². The molecule has 2 nitrogen and oxygen atoms in total. The fraction of sp³-hybridized carbons (Fsp3) is 0.385. The molecule has 1 aromatic heterocycles. The molecule has 2 rings (SSSR count). The van der Waals surface area contributed by atoms with E-state index in [1.54, 1.807) is 12.1 Å². The summed E-state index contributed by atoms with van der Waals surface area (Å²) < 4.78 is 13.2. The van der Waals surface area contributed by atoms with Gasteiger partial charge in [-0.05, 0) is 36.1 Å². The minimum Gasteiger partial charge on any atom is -0.361 e. The molecule has 1 aromatic carbocycles. The number of nitrogens with one attached hydrogen (secondary N) is 1. The maximum Gasteiger partial charge on any atom is 0.123 e. The summed E-state index contributed by atoms with van der Waals surface area (Å²) in [5.41, 5.74) is 8.09. The molecule has 2 aromatic rings. The molecule has 2 unspecified atom stereocenters. The first-order valence-corrected chi connectivity index (χ1v) is 5.65. The van der Waals surface area contributed by atoms with Gasteiger partial charge in [0.05, 0.1) is 0 Å². The number of aromatic nitrogens is 1. The Bertz CT molecular complexity index is 490. The van der Waals surface area contributed by atoms with Crippen molar-refractivity contribution >= 4 is 10.9 Å². The SMILES string of the molecule is CCC(N)C(C)c1c[nH]c2ccc(F)cc12. The first-order chi connectivity index (χ1) is 7.63. The van der Waals surface area contributed by atoms with Crippen molar-refractivity contribution in [3.8, 4) is 0 Å². The van der Waals surface area contributed by atoms with Gasteiger partial charge in [0.15, 0.2) is 0 Å². The third-order valence-electron chi connectivity index (χ3n) is 3.28. The predicted molar refractivity (Wildman–Crippen MR) is 64.9 cm³/mol. The summed E-state index contributed by atoms with van der Waals surface area (Å²) in [4.78, 5) is 3.15. The summed E-state index contributed by atoms with van der Waals surface area (Å²) in [5.74, 6) is 0.0335. The largest absolute Gasteiger partial charge is 0.361 e. The van der Waals surface area contributed by atoms with E-state index in [0.717, 1.165) is 22.9 Å². The van der Waals surface area contributed by atoms with E-state index in [4.69, 9.17) is 5.73 Å². The van der Waals surface area contributed by atoms with Gasteiger partial charge in [-0.15, -0.1) is 0 Å². The highest BCUT2D eigenvalue weighted by Crippen LogP contribution is 2.28. The van der Waals surface area contributed by atoms with E-state index < -0.39 is 0 Å². The Hall–Kier alpha value is -1.35. The molecule has 0 radical (unpaired) electrons. The van der Waals surface area contributed by atoms with Crippen molar-refractivity contribution in [1.29, 1.82) is 0 Å². The average molecular weight is 220 g/mol. The number of hydrogen-bond donors (Lipinski definition) is 2. The minimum atomic E-state index is -0.203. The predicted octanol–water partition coefficient (Wildman–Crippen LogP) is 3.15. The fourth-order valence-electron chi connectivity index (χ4n) is 2.08. The van der Waals surface area contributed by atoms with Crippen LogP contribution in [0.3, 0.4) is 0 Å². The van der Waals surface area contributed by atoms with E-state index in [-0.39, 0.29) is 17.8 Å². The van der Waals surface area contributed by atoms with E-state index >= 15 is 0 Å². The standard InChI is InChI=1S/C13H17FN2/c1-3-12(15)8(2)11-7-16-13-5-4-9(14)6-10(11)13/h4-8,12,16H,3,15H2,1-2H3. The Morgan fingerprint density at radius 1 is 1.44 bits per heavy atom. The average Bonchev–Trinajstić information content (AvgIpc) is 2.69.